The van der Waals surface area contributed by atoms with Gasteiger partial charge in [0.25, 0.3) is 0 Å². The minimum Gasteiger partial charge on any atom is -0.496 e. The molecule has 0 aliphatic rings. The molecule has 0 unspecified atom stereocenters. The van der Waals surface area contributed by atoms with Crippen molar-refractivity contribution in [1.82, 2.24) is 5.32 Å². The molecule has 0 saturated carbocycles. The van der Waals surface area contributed by atoms with E-state index in [9.17, 15) is 4.79 Å². The van der Waals surface area contributed by atoms with Gasteiger partial charge in [-0.2, -0.15) is 0 Å². The summed E-state index contributed by atoms with van der Waals surface area (Å²) in [6, 6.07) is 10.1. The lowest BCUT2D eigenvalue weighted by Gasteiger charge is -2.17. The highest BCUT2D eigenvalue weighted by molar-refractivity contribution is 9.10. The summed E-state index contributed by atoms with van der Waals surface area (Å²) < 4.78 is 6.14. The van der Waals surface area contributed by atoms with Gasteiger partial charge in [0.15, 0.2) is 0 Å². The molecule has 1 atom stereocenters. The zero-order chi connectivity index (χ0) is 18.6. The lowest BCUT2D eigenvalue weighted by molar-refractivity contribution is -0.115. The number of ether oxygens (including phenoxy) is 1. The number of amides is 1. The van der Waals surface area contributed by atoms with E-state index in [4.69, 9.17) is 4.74 Å². The van der Waals surface area contributed by atoms with Gasteiger partial charge in [-0.3, -0.25) is 4.79 Å². The van der Waals surface area contributed by atoms with Gasteiger partial charge < -0.3 is 15.4 Å². The third kappa shape index (κ3) is 5.06. The van der Waals surface area contributed by atoms with Gasteiger partial charge in [-0.15, -0.1) is 0 Å². The van der Waals surface area contributed by atoms with Crippen molar-refractivity contribution < 1.29 is 9.53 Å². The van der Waals surface area contributed by atoms with Crippen LogP contribution in [0.4, 0.5) is 5.69 Å². The SMILES string of the molecule is COc1ccc([C@H](C)NCC(=O)Nc2c(C)cc(C)cc2C)cc1Br. The van der Waals surface area contributed by atoms with Crippen molar-refractivity contribution in [2.75, 3.05) is 19.0 Å². The smallest absolute Gasteiger partial charge is 0.238 e. The van der Waals surface area contributed by atoms with E-state index in [1.165, 1.54) is 5.56 Å². The molecule has 0 heterocycles. The van der Waals surface area contributed by atoms with Gasteiger partial charge in [0.1, 0.15) is 5.75 Å². The summed E-state index contributed by atoms with van der Waals surface area (Å²) in [6.45, 7) is 8.37. The number of halogens is 1. The van der Waals surface area contributed by atoms with E-state index in [2.05, 4.69) is 45.6 Å². The van der Waals surface area contributed by atoms with Crippen molar-refractivity contribution in [1.29, 1.82) is 0 Å². The van der Waals surface area contributed by atoms with Crippen LogP contribution in [0.1, 0.15) is 35.2 Å². The molecule has 2 rings (SSSR count). The highest BCUT2D eigenvalue weighted by Gasteiger charge is 2.12. The molecule has 1 amide bonds. The van der Waals surface area contributed by atoms with Crippen molar-refractivity contribution in [3.8, 4) is 5.75 Å². The van der Waals surface area contributed by atoms with Crippen LogP contribution in [0.5, 0.6) is 5.75 Å². The van der Waals surface area contributed by atoms with Gasteiger partial charge in [-0.1, -0.05) is 23.8 Å². The summed E-state index contributed by atoms with van der Waals surface area (Å²) in [6.07, 6.45) is 0. The molecule has 5 heteroatoms. The molecule has 25 heavy (non-hydrogen) atoms. The van der Waals surface area contributed by atoms with Gasteiger partial charge in [-0.05, 0) is 72.4 Å². The summed E-state index contributed by atoms with van der Waals surface area (Å²) in [4.78, 5) is 12.3. The van der Waals surface area contributed by atoms with Gasteiger partial charge >= 0.3 is 0 Å². The van der Waals surface area contributed by atoms with Gasteiger partial charge in [-0.25, -0.2) is 0 Å². The summed E-state index contributed by atoms with van der Waals surface area (Å²) in [5, 5.41) is 6.27. The normalized spacial score (nSPS) is 11.9. The van der Waals surface area contributed by atoms with Crippen molar-refractivity contribution >= 4 is 27.5 Å². The topological polar surface area (TPSA) is 50.4 Å². The quantitative estimate of drug-likeness (QED) is 0.734. The maximum atomic E-state index is 12.3. The monoisotopic (exact) mass is 404 g/mol. The molecular formula is C20H25BrN2O2. The third-order valence-corrected chi connectivity index (χ3v) is 4.81. The first-order chi connectivity index (χ1) is 11.8. The predicted molar refractivity (Wildman–Crippen MR) is 106 cm³/mol. The second-order valence-electron chi connectivity index (χ2n) is 6.32. The zero-order valence-corrected chi connectivity index (χ0v) is 17.0. The van der Waals surface area contributed by atoms with Crippen LogP contribution in [0.15, 0.2) is 34.8 Å². The van der Waals surface area contributed by atoms with Gasteiger partial charge in [0, 0.05) is 11.7 Å². The lowest BCUT2D eigenvalue weighted by atomic mass is 10.1. The molecule has 2 N–H and O–H groups in total. The van der Waals surface area contributed by atoms with E-state index in [0.29, 0.717) is 0 Å². The number of hydrogen-bond donors (Lipinski definition) is 2. The van der Waals surface area contributed by atoms with E-state index < -0.39 is 0 Å². The Labute approximate surface area is 158 Å². The predicted octanol–water partition coefficient (Wildman–Crippen LogP) is 4.67. The first-order valence-electron chi connectivity index (χ1n) is 8.26. The fraction of sp³-hybridized carbons (Fsp3) is 0.350. The number of carbonyl (C=O) groups excluding carboxylic acids is 1. The maximum Gasteiger partial charge on any atom is 0.238 e. The number of hydrogen-bond acceptors (Lipinski definition) is 3. The Morgan fingerprint density at radius 3 is 2.36 bits per heavy atom. The summed E-state index contributed by atoms with van der Waals surface area (Å²) in [5.41, 5.74) is 5.35. The number of anilines is 1. The van der Waals surface area contributed by atoms with E-state index in [-0.39, 0.29) is 18.5 Å². The molecule has 2 aromatic carbocycles. The van der Waals surface area contributed by atoms with Crippen LogP contribution in [-0.2, 0) is 4.79 Å². The Balaban J connectivity index is 1.97. The molecule has 0 fully saturated rings. The molecule has 0 aromatic heterocycles. The molecule has 0 spiro atoms. The molecule has 0 aliphatic carbocycles. The minimum absolute atomic E-state index is 0.0468. The summed E-state index contributed by atoms with van der Waals surface area (Å²) >= 11 is 3.49. The standard InChI is InChI=1S/C20H25BrN2O2/c1-12-8-13(2)20(14(3)9-12)23-19(24)11-22-15(4)16-6-7-18(25-5)17(21)10-16/h6-10,15,22H,11H2,1-5H3,(H,23,24)/t15-/m0/s1. The molecule has 134 valence electrons. The van der Waals surface area contributed by atoms with Gasteiger partial charge in [0.05, 0.1) is 18.1 Å². The number of aryl methyl sites for hydroxylation is 3. The van der Waals surface area contributed by atoms with Crippen LogP contribution >= 0.6 is 15.9 Å². The fourth-order valence-corrected chi connectivity index (χ4v) is 3.43. The Bertz CT molecular complexity index is 751. The highest BCUT2D eigenvalue weighted by atomic mass is 79.9. The molecule has 0 bridgehead atoms. The van der Waals surface area contributed by atoms with Crippen LogP contribution in [-0.4, -0.2) is 19.6 Å². The lowest BCUT2D eigenvalue weighted by Crippen LogP contribution is -2.30. The Hall–Kier alpha value is -1.85. The Kier molecular flexibility index (Phi) is 6.62. The average molecular weight is 405 g/mol. The fourth-order valence-electron chi connectivity index (χ4n) is 2.88. The van der Waals surface area contributed by atoms with Crippen molar-refractivity contribution in [2.45, 2.75) is 33.7 Å². The van der Waals surface area contributed by atoms with Crippen molar-refractivity contribution in [2.24, 2.45) is 0 Å². The maximum absolute atomic E-state index is 12.3. The number of nitrogens with one attached hydrogen (secondary N) is 2. The van der Waals surface area contributed by atoms with Crippen molar-refractivity contribution in [3.63, 3.8) is 0 Å². The first-order valence-corrected chi connectivity index (χ1v) is 9.05. The molecule has 0 radical (unpaired) electrons. The Morgan fingerprint density at radius 2 is 1.80 bits per heavy atom. The zero-order valence-electron chi connectivity index (χ0n) is 15.4. The number of rotatable bonds is 6. The number of methoxy groups -OCH3 is 1. The second kappa shape index (κ2) is 8.50. The average Bonchev–Trinajstić information content (AvgIpc) is 2.55. The molecule has 0 aliphatic heterocycles. The molecular weight excluding hydrogens is 380 g/mol. The van der Waals surface area contributed by atoms with Crippen LogP contribution in [0.3, 0.4) is 0 Å². The minimum atomic E-state index is -0.0468. The van der Waals surface area contributed by atoms with Crippen LogP contribution in [0.2, 0.25) is 0 Å². The first kappa shape index (κ1) is 19.5. The van der Waals surface area contributed by atoms with Crippen LogP contribution in [0, 0.1) is 20.8 Å². The van der Waals surface area contributed by atoms with Gasteiger partial charge in [0.2, 0.25) is 5.91 Å². The summed E-state index contributed by atoms with van der Waals surface area (Å²) in [5.74, 6) is 0.744. The number of benzene rings is 2. The number of carbonyl (C=O) groups is 1. The summed E-state index contributed by atoms with van der Waals surface area (Å²) in [7, 11) is 1.64. The Morgan fingerprint density at radius 1 is 1.16 bits per heavy atom. The van der Waals surface area contributed by atoms with Crippen LogP contribution < -0.4 is 15.4 Å². The molecule has 0 saturated heterocycles. The van der Waals surface area contributed by atoms with E-state index in [1.54, 1.807) is 7.11 Å². The van der Waals surface area contributed by atoms with E-state index in [1.807, 2.05) is 39.0 Å². The van der Waals surface area contributed by atoms with Crippen LogP contribution in [0.25, 0.3) is 0 Å². The highest BCUT2D eigenvalue weighted by Crippen LogP contribution is 2.28. The second-order valence-corrected chi connectivity index (χ2v) is 7.17. The van der Waals surface area contributed by atoms with Crippen molar-refractivity contribution in [3.05, 3.63) is 57.1 Å². The van der Waals surface area contributed by atoms with E-state index >= 15 is 0 Å². The van der Waals surface area contributed by atoms with E-state index in [0.717, 1.165) is 32.6 Å². The third-order valence-electron chi connectivity index (χ3n) is 4.19. The molecule has 2 aromatic rings. The molecule has 4 nitrogen and oxygen atoms in total. The largest absolute Gasteiger partial charge is 0.496 e.